The molecular formula is C19H24N4O3. The Bertz CT molecular complexity index is 755. The van der Waals surface area contributed by atoms with E-state index >= 15 is 0 Å². The molecule has 0 spiro atoms. The van der Waals surface area contributed by atoms with E-state index in [4.69, 9.17) is 4.74 Å². The molecule has 1 saturated heterocycles. The predicted octanol–water partition coefficient (Wildman–Crippen LogP) is 1.59. The second-order valence-corrected chi connectivity index (χ2v) is 6.66. The summed E-state index contributed by atoms with van der Waals surface area (Å²) < 4.78 is 5.17. The Morgan fingerprint density at radius 2 is 2.12 bits per heavy atom. The summed E-state index contributed by atoms with van der Waals surface area (Å²) in [6.45, 7) is 1.51. The number of rotatable bonds is 5. The van der Waals surface area contributed by atoms with Gasteiger partial charge in [0.2, 0.25) is 5.88 Å². The van der Waals surface area contributed by atoms with E-state index in [-0.39, 0.29) is 18.3 Å². The number of aromatic nitrogens is 2. The third-order valence-corrected chi connectivity index (χ3v) is 4.60. The molecular weight excluding hydrogens is 332 g/mol. The number of β-amino-alcohol motifs (C(OH)–C–C–N with tert-alkyl or cyclic N) is 1. The maximum atomic E-state index is 12.8. The van der Waals surface area contributed by atoms with E-state index in [2.05, 4.69) is 14.9 Å². The molecule has 1 aliphatic heterocycles. The van der Waals surface area contributed by atoms with Crippen molar-refractivity contribution in [3.63, 3.8) is 0 Å². The normalized spacial score (nSPS) is 19.9. The zero-order valence-corrected chi connectivity index (χ0v) is 15.1. The van der Waals surface area contributed by atoms with E-state index in [0.717, 1.165) is 18.8 Å². The van der Waals surface area contributed by atoms with Gasteiger partial charge in [0, 0.05) is 32.5 Å². The number of hydrogen-bond donors (Lipinski definition) is 1. The molecule has 1 aliphatic rings. The van der Waals surface area contributed by atoms with Crippen LogP contribution in [0.2, 0.25) is 0 Å². The zero-order valence-electron chi connectivity index (χ0n) is 15.1. The van der Waals surface area contributed by atoms with Crippen LogP contribution in [0.25, 0.3) is 0 Å². The van der Waals surface area contributed by atoms with Gasteiger partial charge < -0.3 is 19.6 Å². The van der Waals surface area contributed by atoms with Gasteiger partial charge in [0.25, 0.3) is 5.91 Å². The van der Waals surface area contributed by atoms with Crippen molar-refractivity contribution >= 4 is 11.7 Å². The van der Waals surface area contributed by atoms with Crippen molar-refractivity contribution in [1.82, 2.24) is 14.9 Å². The summed E-state index contributed by atoms with van der Waals surface area (Å²) in [4.78, 5) is 24.8. The number of carbonyl (C=O) groups excluding carboxylic acids is 1. The van der Waals surface area contributed by atoms with Gasteiger partial charge in [-0.2, -0.15) is 0 Å². The lowest BCUT2D eigenvalue weighted by atomic mass is 9.92. The Hall–Kier alpha value is -2.67. The number of hydrogen-bond acceptors (Lipinski definition) is 6. The van der Waals surface area contributed by atoms with Crippen LogP contribution in [-0.4, -0.2) is 65.3 Å². The average Bonchev–Trinajstić information content (AvgIpc) is 2.67. The first-order valence-electron chi connectivity index (χ1n) is 8.65. The van der Waals surface area contributed by atoms with Gasteiger partial charge in [-0.05, 0) is 37.1 Å². The maximum absolute atomic E-state index is 12.8. The lowest BCUT2D eigenvalue weighted by molar-refractivity contribution is -0.000229. The second kappa shape index (κ2) is 7.70. The molecule has 0 unspecified atom stereocenters. The van der Waals surface area contributed by atoms with Gasteiger partial charge in [0.05, 0.1) is 19.3 Å². The Morgan fingerprint density at radius 1 is 1.31 bits per heavy atom. The number of pyridine rings is 2. The summed E-state index contributed by atoms with van der Waals surface area (Å²) in [6.07, 6.45) is 4.80. The van der Waals surface area contributed by atoms with Crippen LogP contribution in [0.5, 0.6) is 5.88 Å². The van der Waals surface area contributed by atoms with Crippen molar-refractivity contribution in [2.45, 2.75) is 18.4 Å². The van der Waals surface area contributed by atoms with Crippen LogP contribution in [0.3, 0.4) is 0 Å². The average molecular weight is 356 g/mol. The van der Waals surface area contributed by atoms with Crippen LogP contribution in [0.4, 0.5) is 5.82 Å². The highest BCUT2D eigenvalue weighted by Gasteiger charge is 2.36. The summed E-state index contributed by atoms with van der Waals surface area (Å²) in [5.41, 5.74) is -0.603. The molecule has 2 aromatic rings. The molecule has 1 amide bonds. The maximum Gasteiger partial charge on any atom is 0.259 e. The summed E-state index contributed by atoms with van der Waals surface area (Å²) in [7, 11) is 3.17. The fourth-order valence-corrected chi connectivity index (χ4v) is 3.41. The summed E-state index contributed by atoms with van der Waals surface area (Å²) in [6, 6.07) is 9.10. The molecule has 7 nitrogen and oxygen atoms in total. The van der Waals surface area contributed by atoms with E-state index in [1.165, 1.54) is 12.0 Å². The van der Waals surface area contributed by atoms with E-state index < -0.39 is 5.60 Å². The van der Waals surface area contributed by atoms with Crippen LogP contribution < -0.4 is 9.64 Å². The molecule has 3 rings (SSSR count). The van der Waals surface area contributed by atoms with Crippen molar-refractivity contribution in [3.8, 4) is 5.88 Å². The molecule has 7 heteroatoms. The molecule has 0 radical (unpaired) electrons. The van der Waals surface area contributed by atoms with Crippen LogP contribution in [0.1, 0.15) is 23.2 Å². The number of ether oxygens (including phenoxy) is 1. The Kier molecular flexibility index (Phi) is 5.37. The van der Waals surface area contributed by atoms with Crippen molar-refractivity contribution in [3.05, 3.63) is 48.3 Å². The minimum Gasteiger partial charge on any atom is -0.480 e. The van der Waals surface area contributed by atoms with Crippen LogP contribution in [-0.2, 0) is 0 Å². The first-order chi connectivity index (χ1) is 12.5. The van der Waals surface area contributed by atoms with Gasteiger partial charge in [-0.3, -0.25) is 4.79 Å². The smallest absolute Gasteiger partial charge is 0.259 e. The molecule has 0 saturated carbocycles. The van der Waals surface area contributed by atoms with Crippen LogP contribution in [0, 0.1) is 0 Å². The summed E-state index contributed by atoms with van der Waals surface area (Å²) in [5.74, 6) is 0.905. The number of nitrogens with zero attached hydrogens (tertiary/aromatic N) is 4. The molecule has 0 aromatic carbocycles. The minimum absolute atomic E-state index is 0.224. The molecule has 1 N–H and O–H groups in total. The third kappa shape index (κ3) is 3.94. The highest BCUT2D eigenvalue weighted by Crippen LogP contribution is 2.26. The number of anilines is 1. The number of methoxy groups -OCH3 is 1. The highest BCUT2D eigenvalue weighted by molar-refractivity contribution is 5.96. The summed E-state index contributed by atoms with van der Waals surface area (Å²) in [5, 5.41) is 11.1. The number of aliphatic hydroxyl groups is 1. The van der Waals surface area contributed by atoms with E-state index in [1.54, 1.807) is 31.6 Å². The molecule has 0 bridgehead atoms. The minimum atomic E-state index is -0.990. The van der Waals surface area contributed by atoms with Crippen LogP contribution in [0.15, 0.2) is 42.7 Å². The second-order valence-electron chi connectivity index (χ2n) is 6.66. The SMILES string of the molecule is COc1ncccc1C(=O)N(C)C[C@]1(O)CCCN(c2ccccn2)C1. The largest absolute Gasteiger partial charge is 0.480 e. The molecule has 2 aromatic heterocycles. The molecule has 3 heterocycles. The van der Waals surface area contributed by atoms with Crippen LogP contribution >= 0.6 is 0 Å². The lowest BCUT2D eigenvalue weighted by Crippen LogP contribution is -2.54. The van der Waals surface area contributed by atoms with Gasteiger partial charge in [0.1, 0.15) is 11.4 Å². The van der Waals surface area contributed by atoms with E-state index in [9.17, 15) is 9.90 Å². The molecule has 1 fully saturated rings. The Labute approximate surface area is 153 Å². The number of likely N-dealkylation sites (N-methyl/N-ethyl adjacent to an activating group) is 1. The molecule has 1 atom stereocenters. The Morgan fingerprint density at radius 3 is 2.85 bits per heavy atom. The Balaban J connectivity index is 1.71. The quantitative estimate of drug-likeness (QED) is 0.876. The van der Waals surface area contributed by atoms with E-state index in [1.807, 2.05) is 18.2 Å². The number of carbonyl (C=O) groups is 1. The number of piperidine rings is 1. The van der Waals surface area contributed by atoms with Crippen molar-refractivity contribution in [1.29, 1.82) is 0 Å². The van der Waals surface area contributed by atoms with E-state index in [0.29, 0.717) is 18.5 Å². The first-order valence-corrected chi connectivity index (χ1v) is 8.65. The van der Waals surface area contributed by atoms with Gasteiger partial charge >= 0.3 is 0 Å². The highest BCUT2D eigenvalue weighted by atomic mass is 16.5. The van der Waals surface area contributed by atoms with Crippen molar-refractivity contribution < 1.29 is 14.6 Å². The standard InChI is InChI=1S/C19H24N4O3/c1-22(18(24)15-7-5-11-21-17(15)26-2)13-19(25)9-6-12-23(14-19)16-8-3-4-10-20-16/h3-5,7-8,10-11,25H,6,9,12-14H2,1-2H3/t19-/m1/s1. The van der Waals surface area contributed by atoms with Gasteiger partial charge in [-0.15, -0.1) is 0 Å². The first kappa shape index (κ1) is 18.1. The monoisotopic (exact) mass is 356 g/mol. The van der Waals surface area contributed by atoms with Gasteiger partial charge in [-0.1, -0.05) is 6.07 Å². The molecule has 0 aliphatic carbocycles. The molecule has 26 heavy (non-hydrogen) atoms. The fraction of sp³-hybridized carbons (Fsp3) is 0.421. The lowest BCUT2D eigenvalue weighted by Gasteiger charge is -2.41. The number of amides is 1. The predicted molar refractivity (Wildman–Crippen MR) is 98.4 cm³/mol. The third-order valence-electron chi connectivity index (χ3n) is 4.60. The van der Waals surface area contributed by atoms with Crippen molar-refractivity contribution in [2.75, 3.05) is 38.7 Å². The zero-order chi connectivity index (χ0) is 18.6. The topological polar surface area (TPSA) is 78.8 Å². The van der Waals surface area contributed by atoms with Gasteiger partial charge in [0.15, 0.2) is 0 Å². The fourth-order valence-electron chi connectivity index (χ4n) is 3.41. The molecule has 138 valence electrons. The van der Waals surface area contributed by atoms with Gasteiger partial charge in [-0.25, -0.2) is 9.97 Å². The van der Waals surface area contributed by atoms with Crippen molar-refractivity contribution in [2.24, 2.45) is 0 Å². The summed E-state index contributed by atoms with van der Waals surface area (Å²) >= 11 is 0.